The van der Waals surface area contributed by atoms with Gasteiger partial charge in [0.15, 0.2) is 0 Å². The number of likely N-dealkylation sites (N-methyl/N-ethyl adjacent to an activating group) is 1. The average Bonchev–Trinajstić information content (AvgIpc) is 2.55. The van der Waals surface area contributed by atoms with E-state index in [1.165, 1.54) is 0 Å². The molecule has 0 fully saturated rings. The molecule has 2 aromatic rings. The molecule has 0 spiro atoms. The molecule has 2 N–H and O–H groups in total. The van der Waals surface area contributed by atoms with Crippen LogP contribution < -0.4 is 10.2 Å². The third kappa shape index (κ3) is 4.57. The van der Waals surface area contributed by atoms with Gasteiger partial charge in [-0.25, -0.2) is 0 Å². The van der Waals surface area contributed by atoms with E-state index in [1.54, 1.807) is 0 Å². The van der Waals surface area contributed by atoms with E-state index in [-0.39, 0.29) is 18.4 Å². The van der Waals surface area contributed by atoms with Gasteiger partial charge in [-0.1, -0.05) is 29.8 Å². The molecule has 1 unspecified atom stereocenters. The zero-order chi connectivity index (χ0) is 16.8. The fourth-order valence-corrected chi connectivity index (χ4v) is 2.42. The number of nitrogens with one attached hydrogen (secondary N) is 1. The monoisotopic (exact) mass is 312 g/mol. The van der Waals surface area contributed by atoms with Crippen LogP contribution in [0, 0.1) is 6.92 Å². The van der Waals surface area contributed by atoms with Crippen LogP contribution in [0.25, 0.3) is 0 Å². The summed E-state index contributed by atoms with van der Waals surface area (Å²) in [5, 5.41) is 11.9. The van der Waals surface area contributed by atoms with Crippen molar-refractivity contribution in [2.24, 2.45) is 0 Å². The van der Waals surface area contributed by atoms with Crippen molar-refractivity contribution >= 4 is 17.3 Å². The van der Waals surface area contributed by atoms with Gasteiger partial charge in [-0.3, -0.25) is 4.79 Å². The summed E-state index contributed by atoms with van der Waals surface area (Å²) >= 11 is 0. The van der Waals surface area contributed by atoms with E-state index in [0.717, 1.165) is 22.5 Å². The molecule has 1 amide bonds. The summed E-state index contributed by atoms with van der Waals surface area (Å²) in [6.07, 6.45) is 0. The smallest absolute Gasteiger partial charge is 0.231 e. The molecule has 0 saturated carbocycles. The highest BCUT2D eigenvalue weighted by Gasteiger charge is 2.15. The van der Waals surface area contributed by atoms with Crippen LogP contribution in [-0.2, 0) is 4.79 Å². The fraction of sp³-hybridized carbons (Fsp3) is 0.316. The van der Waals surface area contributed by atoms with Crippen LogP contribution in [-0.4, -0.2) is 31.2 Å². The summed E-state index contributed by atoms with van der Waals surface area (Å²) in [5.74, 6) is -0.223. The van der Waals surface area contributed by atoms with E-state index in [4.69, 9.17) is 5.11 Å². The molecule has 23 heavy (non-hydrogen) atoms. The second-order valence-electron chi connectivity index (χ2n) is 5.82. The average molecular weight is 312 g/mol. The first-order valence-corrected chi connectivity index (χ1v) is 7.80. The number of carbonyl (C=O) groups is 1. The molecule has 122 valence electrons. The highest BCUT2D eigenvalue weighted by Crippen LogP contribution is 2.21. The Hall–Kier alpha value is -2.33. The lowest BCUT2D eigenvalue weighted by Crippen LogP contribution is -2.21. The molecule has 0 heterocycles. The molecule has 0 aromatic heterocycles. The van der Waals surface area contributed by atoms with Crippen LogP contribution in [0.3, 0.4) is 0 Å². The fourth-order valence-electron chi connectivity index (χ4n) is 2.42. The van der Waals surface area contributed by atoms with Crippen molar-refractivity contribution in [3.63, 3.8) is 0 Å². The SMILES string of the molecule is Cc1cccc(C(C)C(=O)Nc2ccc(N(C)CCO)cc2)c1. The first kappa shape index (κ1) is 17.0. The van der Waals surface area contributed by atoms with Gasteiger partial charge in [-0.2, -0.15) is 0 Å². The molecule has 1 atom stereocenters. The number of rotatable bonds is 6. The van der Waals surface area contributed by atoms with Gasteiger partial charge in [0, 0.05) is 25.0 Å². The zero-order valence-corrected chi connectivity index (χ0v) is 13.9. The summed E-state index contributed by atoms with van der Waals surface area (Å²) in [6, 6.07) is 15.6. The van der Waals surface area contributed by atoms with Gasteiger partial charge in [-0.05, 0) is 43.7 Å². The van der Waals surface area contributed by atoms with Gasteiger partial charge >= 0.3 is 0 Å². The molecular formula is C19H24N2O2. The van der Waals surface area contributed by atoms with Crippen molar-refractivity contribution in [2.45, 2.75) is 19.8 Å². The first-order valence-electron chi connectivity index (χ1n) is 7.80. The summed E-state index contributed by atoms with van der Waals surface area (Å²) in [6.45, 7) is 4.63. The zero-order valence-electron chi connectivity index (χ0n) is 13.9. The van der Waals surface area contributed by atoms with E-state index in [9.17, 15) is 4.79 Å². The highest BCUT2D eigenvalue weighted by atomic mass is 16.3. The molecule has 0 bridgehead atoms. The third-order valence-electron chi connectivity index (χ3n) is 3.95. The molecule has 0 saturated heterocycles. The Balaban J connectivity index is 2.02. The van der Waals surface area contributed by atoms with Crippen LogP contribution >= 0.6 is 0 Å². The molecule has 0 aliphatic heterocycles. The quantitative estimate of drug-likeness (QED) is 0.861. The number of hydrogen-bond donors (Lipinski definition) is 2. The van der Waals surface area contributed by atoms with Crippen LogP contribution in [0.2, 0.25) is 0 Å². The second kappa shape index (κ2) is 7.79. The third-order valence-corrected chi connectivity index (χ3v) is 3.95. The molecule has 4 nitrogen and oxygen atoms in total. The topological polar surface area (TPSA) is 52.6 Å². The Morgan fingerprint density at radius 2 is 1.91 bits per heavy atom. The van der Waals surface area contributed by atoms with Gasteiger partial charge in [0.05, 0.1) is 12.5 Å². The number of aliphatic hydroxyl groups excluding tert-OH is 1. The number of benzene rings is 2. The molecule has 0 aliphatic rings. The number of aliphatic hydroxyl groups is 1. The Bertz CT molecular complexity index is 653. The lowest BCUT2D eigenvalue weighted by Gasteiger charge is -2.18. The van der Waals surface area contributed by atoms with E-state index < -0.39 is 0 Å². The van der Waals surface area contributed by atoms with E-state index in [1.807, 2.05) is 74.3 Å². The number of nitrogens with zero attached hydrogens (tertiary/aromatic N) is 1. The number of carbonyl (C=O) groups excluding carboxylic acids is 1. The Morgan fingerprint density at radius 3 is 2.52 bits per heavy atom. The minimum Gasteiger partial charge on any atom is -0.395 e. The normalized spacial score (nSPS) is 11.8. The minimum absolute atomic E-state index is 0.0212. The molecule has 2 rings (SSSR count). The minimum atomic E-state index is -0.202. The molecule has 0 radical (unpaired) electrons. The van der Waals surface area contributed by atoms with Gasteiger partial charge < -0.3 is 15.3 Å². The van der Waals surface area contributed by atoms with Crippen molar-refractivity contribution in [3.05, 3.63) is 59.7 Å². The lowest BCUT2D eigenvalue weighted by atomic mass is 9.98. The maximum Gasteiger partial charge on any atom is 0.231 e. The maximum absolute atomic E-state index is 12.4. The predicted molar refractivity (Wildman–Crippen MR) is 95.0 cm³/mol. The Labute approximate surface area is 137 Å². The lowest BCUT2D eigenvalue weighted by molar-refractivity contribution is -0.117. The van der Waals surface area contributed by atoms with Crippen molar-refractivity contribution in [1.82, 2.24) is 0 Å². The Kier molecular flexibility index (Phi) is 5.77. The molecular weight excluding hydrogens is 288 g/mol. The van der Waals surface area contributed by atoms with Gasteiger partial charge in [0.1, 0.15) is 0 Å². The predicted octanol–water partition coefficient (Wildman–Crippen LogP) is 3.17. The summed E-state index contributed by atoms with van der Waals surface area (Å²) in [4.78, 5) is 14.4. The largest absolute Gasteiger partial charge is 0.395 e. The van der Waals surface area contributed by atoms with Crippen molar-refractivity contribution in [2.75, 3.05) is 30.4 Å². The van der Waals surface area contributed by atoms with Crippen LogP contribution in [0.5, 0.6) is 0 Å². The van der Waals surface area contributed by atoms with Gasteiger partial charge in [-0.15, -0.1) is 0 Å². The van der Waals surface area contributed by atoms with E-state index >= 15 is 0 Å². The van der Waals surface area contributed by atoms with E-state index in [2.05, 4.69) is 5.32 Å². The van der Waals surface area contributed by atoms with E-state index in [0.29, 0.717) is 6.54 Å². The standard InChI is InChI=1S/C19H24N2O2/c1-14-5-4-6-16(13-14)15(2)19(23)20-17-7-9-18(10-8-17)21(3)11-12-22/h4-10,13,15,22H,11-12H2,1-3H3,(H,20,23). The van der Waals surface area contributed by atoms with Crippen LogP contribution in [0.1, 0.15) is 24.0 Å². The number of anilines is 2. The van der Waals surface area contributed by atoms with Crippen LogP contribution in [0.4, 0.5) is 11.4 Å². The van der Waals surface area contributed by atoms with Crippen molar-refractivity contribution in [3.8, 4) is 0 Å². The molecule has 2 aromatic carbocycles. The molecule has 0 aliphatic carbocycles. The second-order valence-corrected chi connectivity index (χ2v) is 5.82. The maximum atomic E-state index is 12.4. The van der Waals surface area contributed by atoms with Gasteiger partial charge in [0.25, 0.3) is 0 Å². The summed E-state index contributed by atoms with van der Waals surface area (Å²) < 4.78 is 0. The number of amides is 1. The highest BCUT2D eigenvalue weighted by molar-refractivity contribution is 5.95. The van der Waals surface area contributed by atoms with Gasteiger partial charge in [0.2, 0.25) is 5.91 Å². The number of hydrogen-bond acceptors (Lipinski definition) is 3. The summed E-state index contributed by atoms with van der Waals surface area (Å²) in [7, 11) is 1.92. The molecule has 4 heteroatoms. The van der Waals surface area contributed by atoms with Crippen molar-refractivity contribution < 1.29 is 9.90 Å². The Morgan fingerprint density at radius 1 is 1.22 bits per heavy atom. The van der Waals surface area contributed by atoms with Crippen LogP contribution in [0.15, 0.2) is 48.5 Å². The summed E-state index contributed by atoms with van der Waals surface area (Å²) in [5.41, 5.74) is 3.94. The first-order chi connectivity index (χ1) is 11.0. The number of aryl methyl sites for hydroxylation is 1. The van der Waals surface area contributed by atoms with Crippen molar-refractivity contribution in [1.29, 1.82) is 0 Å².